The van der Waals surface area contributed by atoms with Gasteiger partial charge in [0.1, 0.15) is 29.0 Å². The van der Waals surface area contributed by atoms with Crippen LogP contribution in [0.15, 0.2) is 79.0 Å². The summed E-state index contributed by atoms with van der Waals surface area (Å²) in [5, 5.41) is 9.95. The number of carbonyl (C=O) groups is 2. The lowest BCUT2D eigenvalue weighted by Crippen LogP contribution is -2.13. The molecular weight excluding hydrogens is 527 g/mol. The molecule has 3 aromatic carbocycles. The molecule has 0 saturated carbocycles. The van der Waals surface area contributed by atoms with Gasteiger partial charge >= 0.3 is 0 Å². The summed E-state index contributed by atoms with van der Waals surface area (Å²) < 4.78 is 42.7. The number of halogens is 3. The van der Waals surface area contributed by atoms with Gasteiger partial charge in [-0.3, -0.25) is 14.6 Å². The molecule has 41 heavy (non-hydrogen) atoms. The summed E-state index contributed by atoms with van der Waals surface area (Å²) in [7, 11) is 0. The van der Waals surface area contributed by atoms with E-state index in [0.717, 1.165) is 22.8 Å². The number of ketones is 2. The summed E-state index contributed by atoms with van der Waals surface area (Å²) in [5.74, 6) is -2.96. The standard InChI is InChI=1S/C34H28F3NO3/c1-2-33(41)31-17-23(8-10-32(31)37)29-4-3-11-38-34(29)24(12-20-13-25(35)18-26(36)14-20)16-28(40)15-22-6-5-21-7-9-27(39)19-30(21)22/h3-4,6-11,13-14,17-19,24,39H,2,5,12,15-16H2,1H3/t24-/m1/s1. The van der Waals surface area contributed by atoms with Gasteiger partial charge in [0.25, 0.3) is 0 Å². The number of phenols is 1. The van der Waals surface area contributed by atoms with Crippen molar-refractivity contribution in [2.24, 2.45) is 0 Å². The van der Waals surface area contributed by atoms with Crippen LogP contribution in [-0.2, 0) is 17.6 Å². The molecule has 5 rings (SSSR count). The Bertz CT molecular complexity index is 1660. The van der Waals surface area contributed by atoms with Gasteiger partial charge in [-0.25, -0.2) is 13.2 Å². The number of aromatic hydroxyl groups is 1. The summed E-state index contributed by atoms with van der Waals surface area (Å²) in [6.07, 6.45) is 4.62. The number of benzene rings is 3. The monoisotopic (exact) mass is 555 g/mol. The van der Waals surface area contributed by atoms with Crippen LogP contribution in [-0.4, -0.2) is 21.7 Å². The fraction of sp³-hybridized carbons (Fsp3) is 0.206. The van der Waals surface area contributed by atoms with E-state index in [0.29, 0.717) is 28.8 Å². The van der Waals surface area contributed by atoms with Crippen molar-refractivity contribution in [3.05, 3.63) is 124 Å². The molecule has 0 spiro atoms. The third-order valence-electron chi connectivity index (χ3n) is 7.40. The number of phenolic OH excluding ortho intramolecular Hbond substituents is 1. The zero-order chi connectivity index (χ0) is 29.1. The van der Waals surface area contributed by atoms with Gasteiger partial charge in [0.2, 0.25) is 0 Å². The van der Waals surface area contributed by atoms with E-state index >= 15 is 0 Å². The van der Waals surface area contributed by atoms with Crippen LogP contribution in [0.3, 0.4) is 0 Å². The zero-order valence-electron chi connectivity index (χ0n) is 22.5. The minimum atomic E-state index is -0.722. The van der Waals surface area contributed by atoms with Crippen LogP contribution in [0.4, 0.5) is 13.2 Å². The molecule has 7 heteroatoms. The zero-order valence-corrected chi connectivity index (χ0v) is 22.5. The summed E-state index contributed by atoms with van der Waals surface area (Å²) in [6.45, 7) is 1.66. The first-order valence-electron chi connectivity index (χ1n) is 13.5. The van der Waals surface area contributed by atoms with Crippen LogP contribution in [0.5, 0.6) is 5.75 Å². The Morgan fingerprint density at radius 2 is 1.73 bits per heavy atom. The lowest BCUT2D eigenvalue weighted by Gasteiger charge is -2.20. The SMILES string of the molecule is CCC(=O)c1cc(-c2cccnc2[C@@H](CC(=O)CC2=CCc3ccc(O)cc32)Cc2cc(F)cc(F)c2)ccc1F. The van der Waals surface area contributed by atoms with Crippen LogP contribution in [0.25, 0.3) is 16.7 Å². The summed E-state index contributed by atoms with van der Waals surface area (Å²) >= 11 is 0. The molecule has 1 heterocycles. The van der Waals surface area contributed by atoms with Crippen molar-refractivity contribution in [3.8, 4) is 16.9 Å². The molecule has 0 radical (unpaired) electrons. The van der Waals surface area contributed by atoms with E-state index in [-0.39, 0.29) is 48.6 Å². The molecule has 0 aliphatic heterocycles. The predicted octanol–water partition coefficient (Wildman–Crippen LogP) is 7.78. The minimum Gasteiger partial charge on any atom is -0.508 e. The average molecular weight is 556 g/mol. The molecule has 1 N–H and O–H groups in total. The lowest BCUT2D eigenvalue weighted by molar-refractivity contribution is -0.118. The van der Waals surface area contributed by atoms with E-state index in [2.05, 4.69) is 4.98 Å². The first kappa shape index (κ1) is 28.0. The maximum atomic E-state index is 14.5. The second-order valence-corrected chi connectivity index (χ2v) is 10.3. The van der Waals surface area contributed by atoms with Crippen LogP contribution in [0.2, 0.25) is 0 Å². The molecule has 4 aromatic rings. The van der Waals surface area contributed by atoms with E-state index in [4.69, 9.17) is 0 Å². The summed E-state index contributed by atoms with van der Waals surface area (Å²) in [6, 6.07) is 16.1. The number of hydrogen-bond donors (Lipinski definition) is 1. The summed E-state index contributed by atoms with van der Waals surface area (Å²) in [5.41, 5.74) is 4.67. The first-order valence-corrected chi connectivity index (χ1v) is 13.5. The first-order chi connectivity index (χ1) is 19.7. The predicted molar refractivity (Wildman–Crippen MR) is 151 cm³/mol. The normalized spacial score (nSPS) is 13.0. The number of hydrogen-bond acceptors (Lipinski definition) is 4. The smallest absolute Gasteiger partial charge is 0.165 e. The van der Waals surface area contributed by atoms with Crippen molar-refractivity contribution >= 4 is 17.1 Å². The highest BCUT2D eigenvalue weighted by Gasteiger charge is 2.25. The molecular formula is C34H28F3NO3. The van der Waals surface area contributed by atoms with Crippen molar-refractivity contribution < 1.29 is 27.9 Å². The number of aromatic nitrogens is 1. The topological polar surface area (TPSA) is 67.3 Å². The summed E-state index contributed by atoms with van der Waals surface area (Å²) in [4.78, 5) is 30.5. The van der Waals surface area contributed by atoms with Crippen molar-refractivity contribution in [2.75, 3.05) is 0 Å². The Morgan fingerprint density at radius 3 is 2.49 bits per heavy atom. The van der Waals surface area contributed by atoms with Crippen LogP contribution < -0.4 is 0 Å². The Balaban J connectivity index is 1.51. The van der Waals surface area contributed by atoms with Gasteiger partial charge in [-0.2, -0.15) is 0 Å². The number of allylic oxidation sites excluding steroid dienone is 2. The van der Waals surface area contributed by atoms with Crippen LogP contribution in [0.1, 0.15) is 64.8 Å². The van der Waals surface area contributed by atoms with Gasteiger partial charge < -0.3 is 5.11 Å². The maximum absolute atomic E-state index is 14.5. The van der Waals surface area contributed by atoms with Crippen molar-refractivity contribution in [1.29, 1.82) is 0 Å². The molecule has 4 nitrogen and oxygen atoms in total. The molecule has 0 bridgehead atoms. The van der Waals surface area contributed by atoms with Gasteiger partial charge in [0.15, 0.2) is 5.78 Å². The molecule has 0 unspecified atom stereocenters. The fourth-order valence-electron chi connectivity index (χ4n) is 5.47. The highest BCUT2D eigenvalue weighted by molar-refractivity contribution is 5.97. The van der Waals surface area contributed by atoms with E-state index in [1.807, 2.05) is 12.1 Å². The molecule has 0 saturated heterocycles. The molecule has 1 aliphatic rings. The van der Waals surface area contributed by atoms with Crippen molar-refractivity contribution in [3.63, 3.8) is 0 Å². The van der Waals surface area contributed by atoms with Gasteiger partial charge in [-0.05, 0) is 83.1 Å². The quantitative estimate of drug-likeness (QED) is 0.203. The van der Waals surface area contributed by atoms with Gasteiger partial charge in [0, 0.05) is 43.0 Å². The highest BCUT2D eigenvalue weighted by Crippen LogP contribution is 2.36. The van der Waals surface area contributed by atoms with Gasteiger partial charge in [-0.1, -0.05) is 31.2 Å². The molecule has 0 amide bonds. The maximum Gasteiger partial charge on any atom is 0.165 e. The van der Waals surface area contributed by atoms with Gasteiger partial charge in [0.05, 0.1) is 11.3 Å². The van der Waals surface area contributed by atoms with E-state index < -0.39 is 23.4 Å². The minimum absolute atomic E-state index is 0.0234. The fourth-order valence-corrected chi connectivity index (χ4v) is 5.47. The number of rotatable bonds is 10. The molecule has 1 aliphatic carbocycles. The third kappa shape index (κ3) is 6.30. The van der Waals surface area contributed by atoms with Crippen molar-refractivity contribution in [1.82, 2.24) is 4.98 Å². The molecule has 1 aromatic heterocycles. The van der Waals surface area contributed by atoms with Crippen molar-refractivity contribution in [2.45, 2.75) is 44.9 Å². The van der Waals surface area contributed by atoms with Gasteiger partial charge in [-0.15, -0.1) is 0 Å². The Labute approximate surface area is 236 Å². The third-order valence-corrected chi connectivity index (χ3v) is 7.40. The number of carbonyl (C=O) groups excluding carboxylic acids is 2. The molecule has 0 fully saturated rings. The molecule has 208 valence electrons. The second kappa shape index (κ2) is 11.9. The Kier molecular flexibility index (Phi) is 8.15. The molecule has 1 atom stereocenters. The van der Waals surface area contributed by atoms with E-state index in [9.17, 15) is 27.9 Å². The second-order valence-electron chi connectivity index (χ2n) is 10.3. The van der Waals surface area contributed by atoms with E-state index in [1.54, 1.807) is 43.5 Å². The van der Waals surface area contributed by atoms with E-state index in [1.165, 1.54) is 24.3 Å². The number of Topliss-reactive ketones (excluding diaryl/α,β-unsaturated/α-hetero) is 2. The van der Waals surface area contributed by atoms with Crippen LogP contribution in [0, 0.1) is 17.5 Å². The largest absolute Gasteiger partial charge is 0.508 e. The number of fused-ring (bicyclic) bond motifs is 1. The van der Waals surface area contributed by atoms with Crippen LogP contribution >= 0.6 is 0 Å². The highest BCUT2D eigenvalue weighted by atomic mass is 19.1. The number of pyridine rings is 1. The lowest BCUT2D eigenvalue weighted by atomic mass is 9.85. The number of nitrogens with zero attached hydrogens (tertiary/aromatic N) is 1. The Hall–Kier alpha value is -4.52. The Morgan fingerprint density at radius 1 is 0.951 bits per heavy atom. The average Bonchev–Trinajstić information content (AvgIpc) is 3.33.